The summed E-state index contributed by atoms with van der Waals surface area (Å²) in [4.78, 5) is 0. The molecule has 0 spiro atoms. The van der Waals surface area contributed by atoms with Crippen LogP contribution in [-0.2, 0) is 0 Å². The molecule has 0 unspecified atom stereocenters. The van der Waals surface area contributed by atoms with Crippen LogP contribution < -0.4 is 0 Å². The average molecular weight is 237 g/mol. The molecule has 0 bridgehead atoms. The quantitative estimate of drug-likeness (QED) is 0.788. The van der Waals surface area contributed by atoms with Gasteiger partial charge >= 0.3 is 0 Å². The van der Waals surface area contributed by atoms with E-state index in [0.29, 0.717) is 10.6 Å². The van der Waals surface area contributed by atoms with Crippen LogP contribution in [0.4, 0.5) is 4.39 Å². The fraction of sp³-hybridized carbons (Fsp3) is 0.0769. The highest BCUT2D eigenvalue weighted by Gasteiger charge is 2.08. The van der Waals surface area contributed by atoms with Crippen LogP contribution >= 0.6 is 11.6 Å². The zero-order chi connectivity index (χ0) is 11.7. The van der Waals surface area contributed by atoms with Gasteiger partial charge in [0.2, 0.25) is 0 Å². The van der Waals surface area contributed by atoms with Crippen molar-refractivity contribution in [3.63, 3.8) is 0 Å². The largest absolute Gasteiger partial charge is 0.507 e. The van der Waals surface area contributed by atoms with Crippen LogP contribution in [0.2, 0.25) is 5.02 Å². The van der Waals surface area contributed by atoms with Crippen LogP contribution in [0.5, 0.6) is 5.75 Å². The average Bonchev–Trinajstić information content (AvgIpc) is 2.22. The molecule has 2 aromatic rings. The van der Waals surface area contributed by atoms with Gasteiger partial charge in [-0.1, -0.05) is 17.7 Å². The molecule has 0 aliphatic heterocycles. The van der Waals surface area contributed by atoms with Crippen LogP contribution in [0, 0.1) is 12.7 Å². The molecule has 0 atom stereocenters. The van der Waals surface area contributed by atoms with Crippen molar-refractivity contribution in [2.75, 3.05) is 0 Å². The van der Waals surface area contributed by atoms with E-state index >= 15 is 0 Å². The third-order valence-electron chi connectivity index (χ3n) is 2.44. The molecule has 2 rings (SSSR count). The van der Waals surface area contributed by atoms with Crippen LogP contribution in [0.25, 0.3) is 11.1 Å². The number of phenolic OH excluding ortho intramolecular Hbond substituents is 1. The van der Waals surface area contributed by atoms with Crippen molar-refractivity contribution in [3.05, 3.63) is 52.8 Å². The first-order chi connectivity index (χ1) is 7.58. The van der Waals surface area contributed by atoms with Gasteiger partial charge in [0.15, 0.2) is 0 Å². The molecular weight excluding hydrogens is 227 g/mol. The molecule has 0 radical (unpaired) electrons. The molecule has 0 aliphatic rings. The van der Waals surface area contributed by atoms with Gasteiger partial charge in [-0.15, -0.1) is 0 Å². The lowest BCUT2D eigenvalue weighted by Gasteiger charge is -2.08. The van der Waals surface area contributed by atoms with Gasteiger partial charge < -0.3 is 5.11 Å². The number of hydrogen-bond donors (Lipinski definition) is 1. The summed E-state index contributed by atoms with van der Waals surface area (Å²) >= 11 is 5.87. The minimum Gasteiger partial charge on any atom is -0.507 e. The van der Waals surface area contributed by atoms with E-state index in [9.17, 15) is 9.50 Å². The number of aryl methyl sites for hydroxylation is 1. The lowest BCUT2D eigenvalue weighted by atomic mass is 10.00. The second-order valence-corrected chi connectivity index (χ2v) is 4.06. The molecule has 0 aliphatic carbocycles. The fourth-order valence-corrected chi connectivity index (χ4v) is 1.83. The Hall–Kier alpha value is -1.54. The standard InChI is InChI=1S/C13H10ClFO/c1-8-6-10(15)3-4-11(8)12-7-9(14)2-5-13(12)16/h2-7,16H,1H3. The number of rotatable bonds is 1. The normalized spacial score (nSPS) is 10.4. The van der Waals surface area contributed by atoms with Gasteiger partial charge in [0.25, 0.3) is 0 Å². The molecule has 0 saturated heterocycles. The molecular formula is C13H10ClFO. The molecule has 0 amide bonds. The van der Waals surface area contributed by atoms with Crippen molar-refractivity contribution in [1.29, 1.82) is 0 Å². The second-order valence-electron chi connectivity index (χ2n) is 3.62. The summed E-state index contributed by atoms with van der Waals surface area (Å²) in [5.41, 5.74) is 2.16. The zero-order valence-corrected chi connectivity index (χ0v) is 9.42. The number of aromatic hydroxyl groups is 1. The molecule has 1 nitrogen and oxygen atoms in total. The van der Waals surface area contributed by atoms with Crippen molar-refractivity contribution in [2.24, 2.45) is 0 Å². The Morgan fingerprint density at radius 1 is 1.06 bits per heavy atom. The van der Waals surface area contributed by atoms with Gasteiger partial charge in [-0.25, -0.2) is 4.39 Å². The highest BCUT2D eigenvalue weighted by molar-refractivity contribution is 6.31. The molecule has 3 heteroatoms. The van der Waals surface area contributed by atoms with Crippen molar-refractivity contribution < 1.29 is 9.50 Å². The van der Waals surface area contributed by atoms with Crippen LogP contribution in [0.15, 0.2) is 36.4 Å². The predicted octanol–water partition coefficient (Wildman–Crippen LogP) is 4.16. The summed E-state index contributed by atoms with van der Waals surface area (Å²) in [6.45, 7) is 1.79. The van der Waals surface area contributed by atoms with Crippen molar-refractivity contribution in [1.82, 2.24) is 0 Å². The number of halogens is 2. The van der Waals surface area contributed by atoms with E-state index in [1.165, 1.54) is 18.2 Å². The Balaban J connectivity index is 2.62. The highest BCUT2D eigenvalue weighted by Crippen LogP contribution is 2.33. The Morgan fingerprint density at radius 2 is 1.81 bits per heavy atom. The van der Waals surface area contributed by atoms with E-state index in [2.05, 4.69) is 0 Å². The third kappa shape index (κ3) is 2.02. The molecule has 82 valence electrons. The van der Waals surface area contributed by atoms with Crippen LogP contribution in [0.3, 0.4) is 0 Å². The summed E-state index contributed by atoms with van der Waals surface area (Å²) < 4.78 is 13.0. The molecule has 0 aromatic heterocycles. The minimum atomic E-state index is -0.289. The van der Waals surface area contributed by atoms with Crippen LogP contribution in [-0.4, -0.2) is 5.11 Å². The monoisotopic (exact) mass is 236 g/mol. The number of phenols is 1. The van der Waals surface area contributed by atoms with Gasteiger partial charge in [0.05, 0.1) is 0 Å². The third-order valence-corrected chi connectivity index (χ3v) is 2.67. The maximum Gasteiger partial charge on any atom is 0.123 e. The topological polar surface area (TPSA) is 20.2 Å². The van der Waals surface area contributed by atoms with Gasteiger partial charge in [-0.2, -0.15) is 0 Å². The van der Waals surface area contributed by atoms with Crippen molar-refractivity contribution in [3.8, 4) is 16.9 Å². The van der Waals surface area contributed by atoms with Gasteiger partial charge in [0.1, 0.15) is 11.6 Å². The summed E-state index contributed by atoms with van der Waals surface area (Å²) in [6.07, 6.45) is 0. The first-order valence-corrected chi connectivity index (χ1v) is 5.21. The predicted molar refractivity (Wildman–Crippen MR) is 63.2 cm³/mol. The fourth-order valence-electron chi connectivity index (χ4n) is 1.65. The summed E-state index contributed by atoms with van der Waals surface area (Å²) in [7, 11) is 0. The van der Waals surface area contributed by atoms with Crippen LogP contribution in [0.1, 0.15) is 5.56 Å². The molecule has 0 fully saturated rings. The highest BCUT2D eigenvalue weighted by atomic mass is 35.5. The lowest BCUT2D eigenvalue weighted by Crippen LogP contribution is -1.86. The molecule has 0 heterocycles. The van der Waals surface area contributed by atoms with Gasteiger partial charge in [0, 0.05) is 10.6 Å². The van der Waals surface area contributed by atoms with E-state index in [0.717, 1.165) is 11.1 Å². The van der Waals surface area contributed by atoms with E-state index < -0.39 is 0 Å². The van der Waals surface area contributed by atoms with Crippen molar-refractivity contribution >= 4 is 11.6 Å². The van der Waals surface area contributed by atoms with Crippen molar-refractivity contribution in [2.45, 2.75) is 6.92 Å². The first-order valence-electron chi connectivity index (χ1n) is 4.83. The first kappa shape index (κ1) is 11.0. The SMILES string of the molecule is Cc1cc(F)ccc1-c1cc(Cl)ccc1O. The van der Waals surface area contributed by atoms with E-state index in [1.807, 2.05) is 0 Å². The lowest BCUT2D eigenvalue weighted by molar-refractivity contribution is 0.477. The van der Waals surface area contributed by atoms with E-state index in [1.54, 1.807) is 25.1 Å². The van der Waals surface area contributed by atoms with E-state index in [-0.39, 0.29) is 11.6 Å². The van der Waals surface area contributed by atoms with Gasteiger partial charge in [-0.3, -0.25) is 0 Å². The molecule has 1 N–H and O–H groups in total. The van der Waals surface area contributed by atoms with Gasteiger partial charge in [-0.05, 0) is 48.4 Å². The maximum absolute atomic E-state index is 13.0. The molecule has 16 heavy (non-hydrogen) atoms. The second kappa shape index (κ2) is 4.14. The maximum atomic E-state index is 13.0. The van der Waals surface area contributed by atoms with E-state index in [4.69, 9.17) is 11.6 Å². The smallest absolute Gasteiger partial charge is 0.123 e. The zero-order valence-electron chi connectivity index (χ0n) is 8.67. The Kier molecular flexibility index (Phi) is 2.84. The minimum absolute atomic E-state index is 0.138. The summed E-state index contributed by atoms with van der Waals surface area (Å²) in [5, 5.41) is 10.3. The summed E-state index contributed by atoms with van der Waals surface area (Å²) in [6, 6.07) is 9.23. The Morgan fingerprint density at radius 3 is 2.50 bits per heavy atom. The Bertz CT molecular complexity index is 537. The number of benzene rings is 2. The molecule has 0 saturated carbocycles. The summed E-state index contributed by atoms with van der Waals surface area (Å²) in [5.74, 6) is -0.151. The number of hydrogen-bond acceptors (Lipinski definition) is 1. The Labute approximate surface area is 98.1 Å². The molecule has 2 aromatic carbocycles.